The van der Waals surface area contributed by atoms with Gasteiger partial charge in [-0.25, -0.2) is 0 Å². The number of ether oxygens (including phenoxy) is 1. The van der Waals surface area contributed by atoms with Crippen molar-refractivity contribution in [2.24, 2.45) is 17.8 Å². The van der Waals surface area contributed by atoms with Crippen LogP contribution in [-0.4, -0.2) is 12.9 Å². The molecule has 24 heavy (non-hydrogen) atoms. The minimum absolute atomic E-state index is 0.138. The van der Waals surface area contributed by atoms with Crippen LogP contribution in [0.3, 0.4) is 0 Å². The van der Waals surface area contributed by atoms with Crippen LogP contribution >= 0.6 is 0 Å². The third-order valence-corrected chi connectivity index (χ3v) is 6.02. The first-order valence-electron chi connectivity index (χ1n) is 8.92. The van der Waals surface area contributed by atoms with E-state index in [1.807, 2.05) is 24.3 Å². The predicted octanol–water partition coefficient (Wildman–Crippen LogP) is 5.02. The summed E-state index contributed by atoms with van der Waals surface area (Å²) in [5.41, 5.74) is 3.46. The first-order valence-corrected chi connectivity index (χ1v) is 8.92. The molecule has 0 heterocycles. The fourth-order valence-corrected chi connectivity index (χ4v) is 4.97. The molecule has 0 radical (unpaired) electrons. The maximum atomic E-state index is 13.3. The van der Waals surface area contributed by atoms with E-state index in [1.165, 1.54) is 30.4 Å². The zero-order valence-corrected chi connectivity index (χ0v) is 14.4. The zero-order chi connectivity index (χ0) is 16.7. The molecule has 0 aliphatic heterocycles. The standard InChI is InChI=1S/C22H24O2/c1-14-4-3-5-16(12-14)20-17-6-7-18(13-17)21(20)22(23)15-8-10-19(24-2)11-9-15/h3-5,8-12,17-18,20-21H,6-7,13H2,1-2H3/t17-,18+,20+,21-/m1/s1. The lowest BCUT2D eigenvalue weighted by Gasteiger charge is -2.30. The van der Waals surface area contributed by atoms with Crippen LogP contribution in [0.1, 0.15) is 46.7 Å². The van der Waals surface area contributed by atoms with Gasteiger partial charge in [0.15, 0.2) is 5.78 Å². The number of Topliss-reactive ketones (excluding diaryl/α,β-unsaturated/α-hetero) is 1. The highest BCUT2D eigenvalue weighted by atomic mass is 16.5. The minimum Gasteiger partial charge on any atom is -0.497 e. The summed E-state index contributed by atoms with van der Waals surface area (Å²) in [6.07, 6.45) is 3.69. The number of methoxy groups -OCH3 is 1. The van der Waals surface area contributed by atoms with E-state index in [0.29, 0.717) is 23.5 Å². The van der Waals surface area contributed by atoms with Gasteiger partial charge >= 0.3 is 0 Å². The van der Waals surface area contributed by atoms with Crippen LogP contribution in [-0.2, 0) is 0 Å². The highest BCUT2D eigenvalue weighted by Crippen LogP contribution is 2.57. The maximum Gasteiger partial charge on any atom is 0.166 e. The molecule has 0 N–H and O–H groups in total. The maximum absolute atomic E-state index is 13.3. The Morgan fingerprint density at radius 1 is 1.04 bits per heavy atom. The molecule has 2 aromatic carbocycles. The predicted molar refractivity (Wildman–Crippen MR) is 95.6 cm³/mol. The SMILES string of the molecule is COc1ccc(C(=O)[C@@H]2[C@H]3CC[C@H](C3)[C@@H]2c2cccc(C)c2)cc1. The molecule has 0 spiro atoms. The van der Waals surface area contributed by atoms with Gasteiger partial charge in [-0.3, -0.25) is 4.79 Å². The molecule has 0 unspecified atom stereocenters. The van der Waals surface area contributed by atoms with Crippen molar-refractivity contribution in [2.75, 3.05) is 7.11 Å². The molecule has 2 fully saturated rings. The quantitative estimate of drug-likeness (QED) is 0.740. The lowest BCUT2D eigenvalue weighted by atomic mass is 9.72. The van der Waals surface area contributed by atoms with Crippen molar-refractivity contribution in [2.45, 2.75) is 32.1 Å². The Morgan fingerprint density at radius 2 is 1.79 bits per heavy atom. The van der Waals surface area contributed by atoms with E-state index in [0.717, 1.165) is 11.3 Å². The van der Waals surface area contributed by atoms with Gasteiger partial charge in [-0.05, 0) is 73.8 Å². The highest BCUT2D eigenvalue weighted by Gasteiger charge is 2.51. The highest BCUT2D eigenvalue weighted by molar-refractivity contribution is 5.99. The van der Waals surface area contributed by atoms with E-state index in [2.05, 4.69) is 31.2 Å². The normalized spacial score (nSPS) is 28.1. The zero-order valence-electron chi connectivity index (χ0n) is 14.4. The van der Waals surface area contributed by atoms with E-state index in [9.17, 15) is 4.79 Å². The van der Waals surface area contributed by atoms with E-state index < -0.39 is 0 Å². The van der Waals surface area contributed by atoms with Crippen LogP contribution in [0.4, 0.5) is 0 Å². The lowest BCUT2D eigenvalue weighted by Crippen LogP contribution is -2.28. The molecule has 2 saturated carbocycles. The average molecular weight is 320 g/mol. The summed E-state index contributed by atoms with van der Waals surface area (Å²) in [4.78, 5) is 13.3. The number of aryl methyl sites for hydroxylation is 1. The van der Waals surface area contributed by atoms with E-state index >= 15 is 0 Å². The number of rotatable bonds is 4. The Balaban J connectivity index is 1.67. The second kappa shape index (κ2) is 6.08. The van der Waals surface area contributed by atoms with Gasteiger partial charge in [0.25, 0.3) is 0 Å². The third kappa shape index (κ3) is 2.54. The van der Waals surface area contributed by atoms with Gasteiger partial charge in [-0.1, -0.05) is 29.8 Å². The van der Waals surface area contributed by atoms with Crippen molar-refractivity contribution in [3.05, 3.63) is 65.2 Å². The van der Waals surface area contributed by atoms with Gasteiger partial charge in [0.1, 0.15) is 5.75 Å². The van der Waals surface area contributed by atoms with Crippen LogP contribution < -0.4 is 4.74 Å². The number of carbonyl (C=O) groups is 1. The Hall–Kier alpha value is -2.09. The molecular formula is C22H24O2. The molecule has 124 valence electrons. The van der Waals surface area contributed by atoms with Crippen molar-refractivity contribution in [1.82, 2.24) is 0 Å². The summed E-state index contributed by atoms with van der Waals surface area (Å²) in [6.45, 7) is 2.14. The molecule has 2 bridgehead atoms. The lowest BCUT2D eigenvalue weighted by molar-refractivity contribution is 0.0853. The van der Waals surface area contributed by atoms with Gasteiger partial charge in [0.05, 0.1) is 7.11 Å². The monoisotopic (exact) mass is 320 g/mol. The summed E-state index contributed by atoms with van der Waals surface area (Å²) >= 11 is 0. The number of ketones is 1. The number of benzene rings is 2. The van der Waals surface area contributed by atoms with Crippen molar-refractivity contribution in [3.8, 4) is 5.75 Å². The molecule has 2 nitrogen and oxygen atoms in total. The van der Waals surface area contributed by atoms with E-state index in [1.54, 1.807) is 7.11 Å². The Bertz CT molecular complexity index is 747. The summed E-state index contributed by atoms with van der Waals surface area (Å²) in [7, 11) is 1.65. The second-order valence-corrected chi connectivity index (χ2v) is 7.39. The Labute approximate surface area is 143 Å². The van der Waals surface area contributed by atoms with Gasteiger partial charge < -0.3 is 4.74 Å². The van der Waals surface area contributed by atoms with E-state index in [4.69, 9.17) is 4.74 Å². The summed E-state index contributed by atoms with van der Waals surface area (Å²) in [6, 6.07) is 16.4. The molecule has 4 atom stereocenters. The molecule has 2 aromatic rings. The Kier molecular flexibility index (Phi) is 3.91. The average Bonchev–Trinajstić information content (AvgIpc) is 3.22. The molecule has 0 aromatic heterocycles. The largest absolute Gasteiger partial charge is 0.497 e. The van der Waals surface area contributed by atoms with Crippen LogP contribution in [0.25, 0.3) is 0 Å². The van der Waals surface area contributed by atoms with Gasteiger partial charge in [0.2, 0.25) is 0 Å². The molecular weight excluding hydrogens is 296 g/mol. The molecule has 0 saturated heterocycles. The number of hydrogen-bond donors (Lipinski definition) is 0. The van der Waals surface area contributed by atoms with Crippen LogP contribution in [0.15, 0.2) is 48.5 Å². The summed E-state index contributed by atoms with van der Waals surface area (Å²) in [5.74, 6) is 2.86. The molecule has 2 aliphatic carbocycles. The van der Waals surface area contributed by atoms with Crippen molar-refractivity contribution in [1.29, 1.82) is 0 Å². The number of hydrogen-bond acceptors (Lipinski definition) is 2. The minimum atomic E-state index is 0.138. The number of carbonyl (C=O) groups excluding carboxylic acids is 1. The molecule has 4 rings (SSSR count). The van der Waals surface area contributed by atoms with Crippen molar-refractivity contribution in [3.63, 3.8) is 0 Å². The molecule has 0 amide bonds. The summed E-state index contributed by atoms with van der Waals surface area (Å²) in [5, 5.41) is 0. The fourth-order valence-electron chi connectivity index (χ4n) is 4.97. The van der Waals surface area contributed by atoms with Gasteiger partial charge in [0, 0.05) is 11.5 Å². The molecule has 2 heteroatoms. The van der Waals surface area contributed by atoms with E-state index in [-0.39, 0.29) is 5.92 Å². The van der Waals surface area contributed by atoms with Gasteiger partial charge in [-0.2, -0.15) is 0 Å². The molecule has 2 aliphatic rings. The second-order valence-electron chi connectivity index (χ2n) is 7.39. The Morgan fingerprint density at radius 3 is 2.50 bits per heavy atom. The van der Waals surface area contributed by atoms with Crippen LogP contribution in [0.5, 0.6) is 5.75 Å². The van der Waals surface area contributed by atoms with Gasteiger partial charge in [-0.15, -0.1) is 0 Å². The first kappa shape index (κ1) is 15.4. The third-order valence-electron chi connectivity index (χ3n) is 6.02. The number of fused-ring (bicyclic) bond motifs is 2. The van der Waals surface area contributed by atoms with Crippen LogP contribution in [0.2, 0.25) is 0 Å². The topological polar surface area (TPSA) is 26.3 Å². The van der Waals surface area contributed by atoms with Crippen LogP contribution in [0, 0.1) is 24.7 Å². The van der Waals surface area contributed by atoms with Crippen molar-refractivity contribution < 1.29 is 9.53 Å². The van der Waals surface area contributed by atoms with Crippen molar-refractivity contribution >= 4 is 5.78 Å². The fraction of sp³-hybridized carbons (Fsp3) is 0.409. The smallest absolute Gasteiger partial charge is 0.166 e. The summed E-state index contributed by atoms with van der Waals surface area (Å²) < 4.78 is 5.22. The first-order chi connectivity index (χ1) is 11.7.